The van der Waals surface area contributed by atoms with E-state index in [4.69, 9.17) is 34.5 Å². The lowest BCUT2D eigenvalue weighted by atomic mass is 9.94. The van der Waals surface area contributed by atoms with Crippen molar-refractivity contribution in [1.29, 1.82) is 0 Å². The molecule has 7 aromatic carbocycles. The number of carboxylic acids is 5. The van der Waals surface area contributed by atoms with E-state index in [0.29, 0.717) is 153 Å². The van der Waals surface area contributed by atoms with Crippen molar-refractivity contribution in [2.45, 2.75) is 102 Å². The van der Waals surface area contributed by atoms with E-state index in [-0.39, 0.29) is 43.3 Å². The second-order valence-corrected chi connectivity index (χ2v) is 39.0. The van der Waals surface area contributed by atoms with Gasteiger partial charge >= 0.3 is 29.8 Å². The molecule has 12 aromatic rings. The van der Waals surface area contributed by atoms with Crippen LogP contribution in [0.3, 0.4) is 0 Å². The molecular formula is C109H111N13O23. The molecule has 0 amide bonds. The number of carbonyl (C=O) groups is 5. The van der Waals surface area contributed by atoms with Gasteiger partial charge in [-0.1, -0.05) is 67.6 Å². The number of ether oxygens (including phenoxy) is 5. The number of anilines is 5. The van der Waals surface area contributed by atoms with E-state index in [1.165, 1.54) is 36.1 Å². The number of aromatic amines is 5. The highest BCUT2D eigenvalue weighted by molar-refractivity contribution is 5.95. The minimum absolute atomic E-state index is 0.231. The number of aromatic hydroxyl groups is 3. The van der Waals surface area contributed by atoms with E-state index in [1.807, 2.05) is 97.9 Å². The van der Waals surface area contributed by atoms with Crippen LogP contribution in [0.25, 0.3) is 56.3 Å². The van der Waals surface area contributed by atoms with Gasteiger partial charge in [-0.25, -0.2) is 24.0 Å². The molecule has 15 heterocycles. The average Bonchev–Trinajstić information content (AvgIpc) is 1.55. The summed E-state index contributed by atoms with van der Waals surface area (Å²) in [6.07, 6.45) is 7.54. The fraction of sp³-hybridized carbons (Fsp3) is 0.339. The van der Waals surface area contributed by atoms with Gasteiger partial charge < -0.3 is 125 Å². The fourth-order valence-corrected chi connectivity index (χ4v) is 22.2. The van der Waals surface area contributed by atoms with Crippen molar-refractivity contribution in [3.63, 3.8) is 0 Å². The van der Waals surface area contributed by atoms with E-state index in [9.17, 15) is 83.7 Å². The van der Waals surface area contributed by atoms with Gasteiger partial charge in [0.05, 0.1) is 61.5 Å². The van der Waals surface area contributed by atoms with Crippen LogP contribution in [0.5, 0.6) is 46.0 Å². The highest BCUT2D eigenvalue weighted by atomic mass is 16.5. The van der Waals surface area contributed by atoms with Crippen molar-refractivity contribution in [2.24, 2.45) is 29.4 Å². The van der Waals surface area contributed by atoms with E-state index in [2.05, 4.69) is 134 Å². The number of aromatic carboxylic acids is 5. The largest absolute Gasteiger partial charge is 0.506 e. The number of nitrogens with two attached hydrogens (primary N) is 1. The monoisotopic (exact) mass is 1970 g/mol. The molecule has 5 aromatic heterocycles. The van der Waals surface area contributed by atoms with Gasteiger partial charge in [-0.3, -0.25) is 28.9 Å². The molecule has 2 aliphatic carbocycles. The number of rotatable bonds is 16. The third-order valence-electron chi connectivity index (χ3n) is 30.0. The molecule has 145 heavy (non-hydrogen) atoms. The number of benzene rings is 7. The summed E-state index contributed by atoms with van der Waals surface area (Å²) in [4.78, 5) is 148. The van der Waals surface area contributed by atoms with Gasteiger partial charge in [-0.2, -0.15) is 0 Å². The van der Waals surface area contributed by atoms with Crippen molar-refractivity contribution in [2.75, 3.05) is 137 Å². The quantitative estimate of drug-likeness (QED) is 0.0427. The zero-order valence-corrected chi connectivity index (χ0v) is 80.0. The topological polar surface area (TPSA) is 506 Å². The second kappa shape index (κ2) is 40.0. The molecule has 0 bridgehead atoms. The minimum Gasteiger partial charge on any atom is -0.506 e. The first kappa shape index (κ1) is 96.4. The first-order valence-electron chi connectivity index (χ1n) is 49.0. The number of piperidine rings is 2. The Morgan fingerprint density at radius 2 is 0.724 bits per heavy atom. The Kier molecular flexibility index (Phi) is 26.6. The molecule has 15 N–H and O–H groups in total. The molecule has 7 fully saturated rings. The number of nitrogens with one attached hydrogen (secondary N) is 5. The Hall–Kier alpha value is -16.1. The summed E-state index contributed by atoms with van der Waals surface area (Å²) in [5, 5.41) is 77.5. The van der Waals surface area contributed by atoms with Gasteiger partial charge in [0.15, 0.2) is 16.7 Å². The number of pyridine rings is 5. The zero-order chi connectivity index (χ0) is 101. The Labute approximate surface area is 830 Å². The van der Waals surface area contributed by atoms with Gasteiger partial charge in [-0.05, 0) is 165 Å². The summed E-state index contributed by atoms with van der Waals surface area (Å²) in [6, 6.07) is 55.1. The predicted molar refractivity (Wildman–Crippen MR) is 542 cm³/mol. The number of H-pyrrole nitrogens is 5. The second-order valence-electron chi connectivity index (χ2n) is 39.0. The molecule has 36 nitrogen and oxygen atoms in total. The normalized spacial score (nSPS) is 19.9. The van der Waals surface area contributed by atoms with Crippen LogP contribution in [0.1, 0.15) is 136 Å². The molecule has 5 saturated heterocycles. The molecular weight excluding hydrogens is 1860 g/mol. The van der Waals surface area contributed by atoms with Crippen LogP contribution in [0, 0.1) is 23.7 Å². The van der Waals surface area contributed by atoms with Crippen LogP contribution in [-0.4, -0.2) is 236 Å². The zero-order valence-electron chi connectivity index (χ0n) is 80.0. The van der Waals surface area contributed by atoms with Crippen LogP contribution in [0.15, 0.2) is 188 Å². The Balaban J connectivity index is 0.000000112. The molecule has 12 aliphatic rings. The summed E-state index contributed by atoms with van der Waals surface area (Å²) in [5.74, 6) is -2.93. The molecule has 0 radical (unpaired) electrons. The van der Waals surface area contributed by atoms with E-state index in [1.54, 1.807) is 0 Å². The summed E-state index contributed by atoms with van der Waals surface area (Å²) in [7, 11) is 4.21. The van der Waals surface area contributed by atoms with E-state index >= 15 is 0 Å². The first-order valence-corrected chi connectivity index (χ1v) is 49.0. The Morgan fingerprint density at radius 3 is 1.11 bits per heavy atom. The molecule has 10 aliphatic heterocycles. The maximum atomic E-state index is 12.5. The van der Waals surface area contributed by atoms with Gasteiger partial charge in [0.25, 0.3) is 27.8 Å². The van der Waals surface area contributed by atoms with Crippen molar-refractivity contribution in [3.8, 4) is 102 Å². The molecule has 0 spiro atoms. The molecule has 2 saturated carbocycles. The Bertz CT molecular complexity index is 7390. The van der Waals surface area contributed by atoms with Crippen LogP contribution in [0.2, 0.25) is 0 Å². The summed E-state index contributed by atoms with van der Waals surface area (Å²) in [5.41, 5.74) is 16.8. The van der Waals surface area contributed by atoms with Crippen LogP contribution in [-0.2, 0) is 38.8 Å². The van der Waals surface area contributed by atoms with Crippen LogP contribution in [0.4, 0.5) is 28.4 Å². The maximum Gasteiger partial charge on any atom is 0.345 e. The number of aromatic nitrogens is 5. The highest BCUT2D eigenvalue weighted by Crippen LogP contribution is 2.54. The molecule has 24 rings (SSSR count). The maximum absolute atomic E-state index is 12.5. The van der Waals surface area contributed by atoms with Gasteiger partial charge in [0.1, 0.15) is 57.1 Å². The third kappa shape index (κ3) is 19.2. The van der Waals surface area contributed by atoms with Crippen molar-refractivity contribution < 1.29 is 88.5 Å². The number of likely N-dealkylation sites (N-methyl/N-ethyl adjacent to an activating group) is 1. The number of nitrogens with zero attached hydrogens (tertiary/aromatic N) is 7. The lowest BCUT2D eigenvalue weighted by Gasteiger charge is -2.29. The SMILES string of the molecule is CC1COc2cc(N3CCCC3)ccc2-c2[nH]c(=O)c(C(=O)O)c(O)c21.CN(C)C1CCN(c2ccc3c(c2)OCCc2cc(C(=O)O)c(=O)[nH]c2-3)C1.NC1[C@H]2CN(c3ccc4c(c3)OCCc3c-4[nH]c(=O)c(C(=O)O)c3O)C[C@@H]12.O=C(O)c1c(O)c2c([nH]c1=O)-c1ccc(N3C[C@@H]4C(N(Cc5ccccc5)Cc5ccccc5)[C@@H]4C3)cc1OCC2.O=C(O)c1cc2c([nH]c1=O)-c1ccc(N3CCCC3)cc1OCC2. The van der Waals surface area contributed by atoms with E-state index in [0.717, 1.165) is 160 Å². The third-order valence-corrected chi connectivity index (χ3v) is 30.0. The smallest absolute Gasteiger partial charge is 0.345 e. The first-order chi connectivity index (χ1) is 70.0. The van der Waals surface area contributed by atoms with Gasteiger partial charge in [0, 0.05) is 232 Å². The average molecular weight is 1970 g/mol. The standard InChI is InChI=1S/C33H31N3O5.C20H23N3O4.C19H19N3O5.C19H20N2O5.C18H18N2O4/c37-31-24-13-14-41-27-15-22(11-12-23(27)29(24)34-32(38)28(31)33(39)40)35-18-25-26(19-35)30(25)36(16-20-7-3-1-4-8-20)17-21-9-5-2-6-10-21;1-22(2)14-5-7-23(11-14)13-3-4-15-17(10-13)27-8-6-12-9-16(20(25)26)19(24)21-18(12)15;20-15-11-6-22(7-12(11)15)8-1-2-9-13(5-8)27-4-3-10-16(9)21-18(24)14(17(10)23)19(25)26;1-10-9-26-13-8-11(21-6-2-3-7-21)4-5-12(13)16-14(10)17(22)15(19(24)25)18(23)20-16;21-17-14(18(22)23)9-11-5-8-24-15-10-12(20-6-1-2-7-20)3-4-13(15)16(11)19-17/h1-12,15,25-26,30H,13-14,16-19H2,(H,39,40)(H2,34,37,38);3-4,9-10,14H,5-8,11H2,1-2H3,(H,21,24)(H,25,26);1-2,5,11-12,15H,3-4,6-7,20H2,(H,25,26)(H2,21,23,24);4-5,8,10H,2-3,6-7,9H2,1H3,(H,24,25)(H2,20,22,23);3-4,9-10H,1-2,5-8H2,(H,19,21)(H,22,23)/t25-,26+,30?;;11-,12+,15?;;. The summed E-state index contributed by atoms with van der Waals surface area (Å²) < 4.78 is 29.6. The van der Waals surface area contributed by atoms with Gasteiger partial charge in [0.2, 0.25) is 0 Å². The Morgan fingerprint density at radius 1 is 0.379 bits per heavy atom. The molecule has 8 atom stereocenters. The number of carboxylic acid groups (broad SMARTS) is 5. The van der Waals surface area contributed by atoms with Crippen LogP contribution < -0.4 is 81.7 Å². The fourth-order valence-electron chi connectivity index (χ4n) is 22.2. The summed E-state index contributed by atoms with van der Waals surface area (Å²) >= 11 is 0. The number of hydrogen-bond acceptors (Lipinski definition) is 26. The van der Waals surface area contributed by atoms with Crippen LogP contribution >= 0.6 is 0 Å². The lowest BCUT2D eigenvalue weighted by molar-refractivity contribution is 0.0680. The number of hydrogen-bond donors (Lipinski definition) is 14. The number of fused-ring (bicyclic) bond motifs is 17. The molecule has 36 heteroatoms. The van der Waals surface area contributed by atoms with Gasteiger partial charge in [-0.15, -0.1) is 0 Å². The molecule has 4 unspecified atom stereocenters. The summed E-state index contributed by atoms with van der Waals surface area (Å²) in [6.45, 7) is 15.3. The van der Waals surface area contributed by atoms with Crippen molar-refractivity contribution >= 4 is 58.3 Å². The minimum atomic E-state index is -1.46. The highest BCUT2D eigenvalue weighted by Gasteiger charge is 2.59. The van der Waals surface area contributed by atoms with Crippen molar-refractivity contribution in [1.82, 2.24) is 34.7 Å². The molecule has 750 valence electrons. The van der Waals surface area contributed by atoms with Crippen molar-refractivity contribution in [3.05, 3.63) is 282 Å². The van der Waals surface area contributed by atoms with E-state index < -0.39 is 91.6 Å². The predicted octanol–water partition coefficient (Wildman–Crippen LogP) is 11.9. The lowest BCUT2D eigenvalue weighted by Crippen LogP contribution is -2.34.